The molecule has 0 radical (unpaired) electrons. The number of aryl methyl sites for hydroxylation is 2. The highest BCUT2D eigenvalue weighted by molar-refractivity contribution is 6.32. The smallest absolute Gasteiger partial charge is 0.342 e. The van der Waals surface area contributed by atoms with Gasteiger partial charge in [-0.2, -0.15) is 0 Å². The van der Waals surface area contributed by atoms with Gasteiger partial charge >= 0.3 is 5.97 Å². The lowest BCUT2D eigenvalue weighted by Gasteiger charge is -2.22. The van der Waals surface area contributed by atoms with E-state index in [-0.39, 0.29) is 16.6 Å². The van der Waals surface area contributed by atoms with Gasteiger partial charge in [-0.05, 0) is 38.0 Å². The van der Waals surface area contributed by atoms with E-state index in [9.17, 15) is 9.59 Å². The number of esters is 1. The first-order valence-corrected chi connectivity index (χ1v) is 8.31. The van der Waals surface area contributed by atoms with Crippen LogP contribution in [0.25, 0.3) is 0 Å². The van der Waals surface area contributed by atoms with Crippen LogP contribution in [0.15, 0.2) is 36.4 Å². The van der Waals surface area contributed by atoms with E-state index in [1.807, 2.05) is 30.3 Å². The predicted octanol–water partition coefficient (Wildman–Crippen LogP) is 3.56. The highest BCUT2D eigenvalue weighted by Gasteiger charge is 2.25. The lowest BCUT2D eigenvalue weighted by molar-refractivity contribution is -0.139. The lowest BCUT2D eigenvalue weighted by Crippen LogP contribution is -2.37. The van der Waals surface area contributed by atoms with Gasteiger partial charge in [0.2, 0.25) is 0 Å². The summed E-state index contributed by atoms with van der Waals surface area (Å²) in [5, 5.41) is 0.0831. The van der Waals surface area contributed by atoms with Crippen molar-refractivity contribution in [3.05, 3.63) is 63.9 Å². The number of pyridine rings is 1. The summed E-state index contributed by atoms with van der Waals surface area (Å²) >= 11 is 6.06. The van der Waals surface area contributed by atoms with Gasteiger partial charge in [-0.15, -0.1) is 0 Å². The van der Waals surface area contributed by atoms with Crippen LogP contribution in [0.3, 0.4) is 0 Å². The molecular weight excluding hydrogens is 340 g/mol. The zero-order chi connectivity index (χ0) is 18.6. The maximum absolute atomic E-state index is 12.4. The van der Waals surface area contributed by atoms with Crippen molar-refractivity contribution in [3.8, 4) is 0 Å². The Balaban J connectivity index is 2.04. The Morgan fingerprint density at radius 1 is 1.24 bits per heavy atom. The molecule has 0 bridgehead atoms. The molecule has 132 valence electrons. The number of halogens is 1. The third kappa shape index (κ3) is 4.79. The van der Waals surface area contributed by atoms with Gasteiger partial charge in [0.05, 0.1) is 5.56 Å². The number of benzene rings is 1. The molecule has 0 aliphatic rings. The standard InChI is InChI=1S/C19H21ClN2O3/c1-12-10-13(2)21-17(20)16(12)19(24)25-14(3)18(23)22(4)11-15-8-6-5-7-9-15/h5-10,14H,11H2,1-4H3/t14-/m0/s1. The Labute approximate surface area is 152 Å². The summed E-state index contributed by atoms with van der Waals surface area (Å²) in [7, 11) is 1.67. The van der Waals surface area contributed by atoms with E-state index in [1.165, 1.54) is 4.90 Å². The van der Waals surface area contributed by atoms with E-state index in [4.69, 9.17) is 16.3 Å². The first-order chi connectivity index (χ1) is 11.8. The van der Waals surface area contributed by atoms with Crippen LogP contribution in [0, 0.1) is 13.8 Å². The minimum Gasteiger partial charge on any atom is -0.449 e. The van der Waals surface area contributed by atoms with Gasteiger partial charge < -0.3 is 9.64 Å². The average Bonchev–Trinajstić information content (AvgIpc) is 2.53. The van der Waals surface area contributed by atoms with Gasteiger partial charge in [-0.3, -0.25) is 4.79 Å². The number of aromatic nitrogens is 1. The van der Waals surface area contributed by atoms with Crippen LogP contribution in [0.1, 0.15) is 34.1 Å². The molecule has 2 aromatic rings. The molecule has 5 nitrogen and oxygen atoms in total. The van der Waals surface area contributed by atoms with Crippen LogP contribution in [-0.2, 0) is 16.1 Å². The first-order valence-electron chi connectivity index (χ1n) is 7.93. The van der Waals surface area contributed by atoms with Gasteiger partial charge in [-0.1, -0.05) is 41.9 Å². The number of rotatable bonds is 5. The molecule has 0 saturated carbocycles. The fourth-order valence-electron chi connectivity index (χ4n) is 2.55. The summed E-state index contributed by atoms with van der Waals surface area (Å²) in [6.45, 7) is 5.53. The SMILES string of the molecule is Cc1cc(C)c(C(=O)O[C@@H](C)C(=O)N(C)Cc2ccccc2)c(Cl)n1. The molecule has 0 saturated heterocycles. The Hall–Kier alpha value is -2.40. The highest BCUT2D eigenvalue weighted by atomic mass is 35.5. The van der Waals surface area contributed by atoms with Crippen LogP contribution < -0.4 is 0 Å². The number of hydrogen-bond acceptors (Lipinski definition) is 4. The van der Waals surface area contributed by atoms with Crippen molar-refractivity contribution in [1.82, 2.24) is 9.88 Å². The highest BCUT2D eigenvalue weighted by Crippen LogP contribution is 2.20. The summed E-state index contributed by atoms with van der Waals surface area (Å²) in [4.78, 5) is 30.4. The molecule has 2 rings (SSSR count). The van der Waals surface area contributed by atoms with E-state index in [1.54, 1.807) is 33.9 Å². The summed E-state index contributed by atoms with van der Waals surface area (Å²) < 4.78 is 5.30. The van der Waals surface area contributed by atoms with Crippen LogP contribution >= 0.6 is 11.6 Å². The molecule has 1 amide bonds. The number of carbonyl (C=O) groups is 2. The van der Waals surface area contributed by atoms with Crippen molar-refractivity contribution in [1.29, 1.82) is 0 Å². The van der Waals surface area contributed by atoms with Crippen LogP contribution in [-0.4, -0.2) is 34.9 Å². The van der Waals surface area contributed by atoms with E-state index in [0.29, 0.717) is 17.8 Å². The number of nitrogens with zero attached hydrogens (tertiary/aromatic N) is 2. The van der Waals surface area contributed by atoms with Crippen molar-refractivity contribution in [2.75, 3.05) is 7.05 Å². The largest absolute Gasteiger partial charge is 0.449 e. The number of ether oxygens (including phenoxy) is 1. The second-order valence-corrected chi connectivity index (χ2v) is 6.33. The molecule has 1 atom stereocenters. The normalized spacial score (nSPS) is 11.7. The maximum Gasteiger partial charge on any atom is 0.342 e. The van der Waals surface area contributed by atoms with E-state index < -0.39 is 12.1 Å². The van der Waals surface area contributed by atoms with E-state index in [2.05, 4.69) is 4.98 Å². The molecule has 0 aliphatic carbocycles. The molecule has 6 heteroatoms. The number of hydrogen-bond donors (Lipinski definition) is 0. The van der Waals surface area contributed by atoms with Gasteiger partial charge in [0.15, 0.2) is 6.10 Å². The second-order valence-electron chi connectivity index (χ2n) is 5.97. The molecule has 25 heavy (non-hydrogen) atoms. The second kappa shape index (κ2) is 8.12. The molecule has 1 aromatic carbocycles. The summed E-state index contributed by atoms with van der Waals surface area (Å²) in [6.07, 6.45) is -0.919. The fraction of sp³-hybridized carbons (Fsp3) is 0.316. The summed E-state index contributed by atoms with van der Waals surface area (Å²) in [5.41, 5.74) is 2.57. The Kier molecular flexibility index (Phi) is 6.15. The van der Waals surface area contributed by atoms with Crippen LogP contribution in [0.5, 0.6) is 0 Å². The summed E-state index contributed by atoms with van der Waals surface area (Å²) in [6, 6.07) is 11.3. The fourth-order valence-corrected chi connectivity index (χ4v) is 2.91. The minimum atomic E-state index is -0.919. The molecule has 0 fully saturated rings. The molecule has 0 aliphatic heterocycles. The number of carbonyl (C=O) groups excluding carboxylic acids is 2. The lowest BCUT2D eigenvalue weighted by atomic mass is 10.1. The number of likely N-dealkylation sites (N-methyl/N-ethyl adjacent to an activating group) is 1. The van der Waals surface area contributed by atoms with Gasteiger partial charge in [-0.25, -0.2) is 9.78 Å². The van der Waals surface area contributed by atoms with E-state index in [0.717, 1.165) is 5.56 Å². The number of amides is 1. The minimum absolute atomic E-state index is 0.0831. The average molecular weight is 361 g/mol. The molecule has 1 aromatic heterocycles. The van der Waals surface area contributed by atoms with Crippen molar-refractivity contribution in [2.24, 2.45) is 0 Å². The van der Waals surface area contributed by atoms with Crippen molar-refractivity contribution in [3.63, 3.8) is 0 Å². The van der Waals surface area contributed by atoms with E-state index >= 15 is 0 Å². The van der Waals surface area contributed by atoms with Crippen molar-refractivity contribution < 1.29 is 14.3 Å². The third-order valence-corrected chi connectivity index (χ3v) is 4.05. The Bertz CT molecular complexity index is 754. The predicted molar refractivity (Wildman–Crippen MR) is 96.5 cm³/mol. The topological polar surface area (TPSA) is 59.5 Å². The zero-order valence-electron chi connectivity index (χ0n) is 14.7. The molecule has 0 spiro atoms. The van der Waals surface area contributed by atoms with Gasteiger partial charge in [0, 0.05) is 19.3 Å². The van der Waals surface area contributed by atoms with Gasteiger partial charge in [0.1, 0.15) is 5.15 Å². The van der Waals surface area contributed by atoms with Crippen LogP contribution in [0.2, 0.25) is 5.15 Å². The van der Waals surface area contributed by atoms with Crippen molar-refractivity contribution in [2.45, 2.75) is 33.4 Å². The quantitative estimate of drug-likeness (QED) is 0.604. The third-order valence-electron chi connectivity index (χ3n) is 3.78. The molecular formula is C19H21ClN2O3. The maximum atomic E-state index is 12.4. The molecule has 1 heterocycles. The zero-order valence-corrected chi connectivity index (χ0v) is 15.5. The Morgan fingerprint density at radius 3 is 2.48 bits per heavy atom. The monoisotopic (exact) mass is 360 g/mol. The van der Waals surface area contributed by atoms with Crippen molar-refractivity contribution >= 4 is 23.5 Å². The summed E-state index contributed by atoms with van der Waals surface area (Å²) in [5.74, 6) is -0.935. The molecule has 0 N–H and O–H groups in total. The van der Waals surface area contributed by atoms with Gasteiger partial charge in [0.25, 0.3) is 5.91 Å². The van der Waals surface area contributed by atoms with Crippen LogP contribution in [0.4, 0.5) is 0 Å². The Morgan fingerprint density at radius 2 is 1.88 bits per heavy atom. The molecule has 0 unspecified atom stereocenters. The first kappa shape index (κ1) is 18.9.